The number of nitrogens with zero attached hydrogens (tertiary/aromatic N) is 3. The van der Waals surface area contributed by atoms with Crippen molar-refractivity contribution in [1.82, 2.24) is 9.47 Å². The van der Waals surface area contributed by atoms with E-state index < -0.39 is 0 Å². The molecule has 180 valence electrons. The van der Waals surface area contributed by atoms with E-state index >= 15 is 0 Å². The molecule has 0 N–H and O–H groups in total. The van der Waals surface area contributed by atoms with Crippen molar-refractivity contribution < 1.29 is 4.79 Å². The van der Waals surface area contributed by atoms with Gasteiger partial charge >= 0.3 is 0 Å². The van der Waals surface area contributed by atoms with Crippen LogP contribution < -0.4 is 0 Å². The van der Waals surface area contributed by atoms with Crippen LogP contribution in [0.2, 0.25) is 0 Å². The van der Waals surface area contributed by atoms with Gasteiger partial charge in [-0.2, -0.15) is 0 Å². The molecule has 0 radical (unpaired) electrons. The van der Waals surface area contributed by atoms with Gasteiger partial charge in [0.2, 0.25) is 0 Å². The van der Waals surface area contributed by atoms with Crippen LogP contribution in [0.15, 0.2) is 75.0 Å². The monoisotopic (exact) mass is 547 g/mol. The maximum Gasteiger partial charge on any atom is 0.267 e. The summed E-state index contributed by atoms with van der Waals surface area (Å²) in [7, 11) is 0. The first-order valence-electron chi connectivity index (χ1n) is 12.2. The molecule has 1 aliphatic heterocycles. The number of hydrogen-bond acceptors (Lipinski definition) is 3. The summed E-state index contributed by atoms with van der Waals surface area (Å²) in [4.78, 5) is 21.5. The number of hydrogen-bond donors (Lipinski definition) is 0. The third kappa shape index (κ3) is 4.91. The van der Waals surface area contributed by atoms with Crippen molar-refractivity contribution in [2.75, 3.05) is 0 Å². The molecule has 2 fully saturated rings. The molecule has 0 bridgehead atoms. The predicted molar refractivity (Wildman–Crippen MR) is 150 cm³/mol. The minimum absolute atomic E-state index is 0.0804. The number of aromatic nitrogens is 1. The Hall–Kier alpha value is -2.57. The third-order valence-electron chi connectivity index (χ3n) is 7.06. The number of aryl methyl sites for hydroxylation is 1. The highest BCUT2D eigenvalue weighted by molar-refractivity contribution is 9.10. The molecule has 1 aromatic heterocycles. The van der Waals surface area contributed by atoms with Gasteiger partial charge in [0.05, 0.1) is 10.6 Å². The summed E-state index contributed by atoms with van der Waals surface area (Å²) in [6.45, 7) is 6.50. The van der Waals surface area contributed by atoms with Gasteiger partial charge in [-0.25, -0.2) is 4.99 Å². The Bertz CT molecular complexity index is 1290. The first-order valence-corrected chi connectivity index (χ1v) is 13.8. The van der Waals surface area contributed by atoms with Crippen molar-refractivity contribution in [3.63, 3.8) is 0 Å². The topological polar surface area (TPSA) is 37.6 Å². The van der Waals surface area contributed by atoms with E-state index in [9.17, 15) is 4.79 Å². The predicted octanol–water partition coefficient (Wildman–Crippen LogP) is 8.04. The van der Waals surface area contributed by atoms with Gasteiger partial charge in [0.15, 0.2) is 5.17 Å². The standard InChI is InChI=1S/C29H30BrN3OS/c1-19-9-7-8-12-26(19)33-28(34)27(35-29(33)31-24-10-5-4-6-11-24)18-22-17-20(2)32(21(22)3)25-15-13-23(30)14-16-25/h4-6,10-11,13-19,26H,7-9,12H2,1-3H3/b27-18-,31-29?/t19-,26-/m0/s1. The number of para-hydroxylation sites is 1. The Labute approximate surface area is 220 Å². The molecule has 2 aromatic carbocycles. The summed E-state index contributed by atoms with van der Waals surface area (Å²) >= 11 is 5.03. The highest BCUT2D eigenvalue weighted by Gasteiger charge is 2.41. The van der Waals surface area contributed by atoms with E-state index in [1.807, 2.05) is 35.2 Å². The molecule has 0 spiro atoms. The minimum atomic E-state index is 0.0804. The molecule has 3 aromatic rings. The van der Waals surface area contributed by atoms with Crippen molar-refractivity contribution in [3.8, 4) is 5.69 Å². The SMILES string of the molecule is Cc1cc(/C=C2\SC(=Nc3ccccc3)N([C@H]3CCCC[C@@H]3C)C2=O)c(C)n1-c1ccc(Br)cc1. The molecular formula is C29H30BrN3OS. The number of halogens is 1. The zero-order chi connectivity index (χ0) is 24.5. The summed E-state index contributed by atoms with van der Waals surface area (Å²) < 4.78 is 3.30. The lowest BCUT2D eigenvalue weighted by Gasteiger charge is -2.35. The molecule has 1 saturated heterocycles. The summed E-state index contributed by atoms with van der Waals surface area (Å²) in [6.07, 6.45) is 6.65. The van der Waals surface area contributed by atoms with Gasteiger partial charge in [0, 0.05) is 27.6 Å². The number of rotatable bonds is 4. The van der Waals surface area contributed by atoms with E-state index in [0.29, 0.717) is 5.92 Å². The molecule has 6 heteroatoms. The fourth-order valence-corrected chi connectivity index (χ4v) is 6.51. The molecule has 2 heterocycles. The van der Waals surface area contributed by atoms with Gasteiger partial charge in [0.25, 0.3) is 5.91 Å². The van der Waals surface area contributed by atoms with E-state index in [0.717, 1.165) is 62.1 Å². The second-order valence-electron chi connectivity index (χ2n) is 9.48. The van der Waals surface area contributed by atoms with Crippen LogP contribution >= 0.6 is 27.7 Å². The number of benzene rings is 2. The highest BCUT2D eigenvalue weighted by atomic mass is 79.9. The molecule has 4 nitrogen and oxygen atoms in total. The maximum absolute atomic E-state index is 13.8. The summed E-state index contributed by atoms with van der Waals surface area (Å²) in [5.41, 5.74) is 5.33. The number of aliphatic imine (C=N–C) groups is 1. The quantitative estimate of drug-likeness (QED) is 0.310. The largest absolute Gasteiger partial charge is 0.318 e. The average molecular weight is 549 g/mol. The smallest absolute Gasteiger partial charge is 0.267 e. The molecule has 2 atom stereocenters. The van der Waals surface area contributed by atoms with E-state index in [2.05, 4.69) is 77.7 Å². The number of carbonyl (C=O) groups excluding carboxylic acids is 1. The van der Waals surface area contributed by atoms with Gasteiger partial charge in [-0.15, -0.1) is 0 Å². The Morgan fingerprint density at radius 2 is 1.74 bits per heavy atom. The number of thioether (sulfide) groups is 1. The molecule has 1 aliphatic carbocycles. The van der Waals surface area contributed by atoms with Gasteiger partial charge in [-0.3, -0.25) is 9.69 Å². The Morgan fingerprint density at radius 1 is 1.03 bits per heavy atom. The second kappa shape index (κ2) is 10.2. The van der Waals surface area contributed by atoms with Gasteiger partial charge in [0.1, 0.15) is 0 Å². The van der Waals surface area contributed by atoms with Crippen LogP contribution in [0.1, 0.15) is 49.6 Å². The van der Waals surface area contributed by atoms with Crippen molar-refractivity contribution in [2.45, 2.75) is 52.5 Å². The van der Waals surface area contributed by atoms with Crippen LogP contribution in [0.4, 0.5) is 5.69 Å². The molecule has 5 rings (SSSR count). The second-order valence-corrected chi connectivity index (χ2v) is 11.4. The summed E-state index contributed by atoms with van der Waals surface area (Å²) in [5, 5.41) is 0.799. The fourth-order valence-electron chi connectivity index (χ4n) is 5.21. The first-order chi connectivity index (χ1) is 16.9. The maximum atomic E-state index is 13.8. The van der Waals surface area contributed by atoms with E-state index in [-0.39, 0.29) is 11.9 Å². The van der Waals surface area contributed by atoms with Crippen LogP contribution in [0, 0.1) is 19.8 Å². The molecular weight excluding hydrogens is 518 g/mol. The normalized spacial score (nSPS) is 23.0. The van der Waals surface area contributed by atoms with Crippen LogP contribution in [-0.4, -0.2) is 26.6 Å². The minimum Gasteiger partial charge on any atom is -0.318 e. The lowest BCUT2D eigenvalue weighted by Crippen LogP contribution is -2.44. The Balaban J connectivity index is 1.53. The van der Waals surface area contributed by atoms with Crippen molar-refractivity contribution in [2.24, 2.45) is 10.9 Å². The van der Waals surface area contributed by atoms with Crippen molar-refractivity contribution in [3.05, 3.63) is 87.0 Å². The van der Waals surface area contributed by atoms with Gasteiger partial charge in [-0.1, -0.05) is 53.9 Å². The molecule has 1 saturated carbocycles. The zero-order valence-electron chi connectivity index (χ0n) is 20.4. The fraction of sp³-hybridized carbons (Fsp3) is 0.310. The highest BCUT2D eigenvalue weighted by Crippen LogP contribution is 2.40. The van der Waals surface area contributed by atoms with Crippen molar-refractivity contribution in [1.29, 1.82) is 0 Å². The van der Waals surface area contributed by atoms with E-state index in [4.69, 9.17) is 4.99 Å². The van der Waals surface area contributed by atoms with Crippen LogP contribution in [0.3, 0.4) is 0 Å². The molecule has 1 amide bonds. The molecule has 2 aliphatic rings. The Morgan fingerprint density at radius 3 is 2.46 bits per heavy atom. The summed E-state index contributed by atoms with van der Waals surface area (Å²) in [6, 6.07) is 20.6. The Kier molecular flexibility index (Phi) is 7.03. The van der Waals surface area contributed by atoms with Crippen molar-refractivity contribution >= 4 is 50.5 Å². The third-order valence-corrected chi connectivity index (χ3v) is 8.57. The summed E-state index contributed by atoms with van der Waals surface area (Å²) in [5.74, 6) is 0.549. The van der Waals surface area contributed by atoms with E-state index in [1.165, 1.54) is 18.2 Å². The van der Waals surface area contributed by atoms with Gasteiger partial charge < -0.3 is 4.57 Å². The number of amides is 1. The number of carbonyl (C=O) groups is 1. The lowest BCUT2D eigenvalue weighted by atomic mass is 9.85. The zero-order valence-corrected chi connectivity index (χ0v) is 22.8. The van der Waals surface area contributed by atoms with Crippen LogP contribution in [0.5, 0.6) is 0 Å². The van der Waals surface area contributed by atoms with Crippen LogP contribution in [-0.2, 0) is 4.79 Å². The average Bonchev–Trinajstić information content (AvgIpc) is 3.30. The molecule has 0 unspecified atom stereocenters. The number of amidine groups is 1. The van der Waals surface area contributed by atoms with Crippen LogP contribution in [0.25, 0.3) is 11.8 Å². The van der Waals surface area contributed by atoms with E-state index in [1.54, 1.807) is 0 Å². The molecule has 35 heavy (non-hydrogen) atoms. The lowest BCUT2D eigenvalue weighted by molar-refractivity contribution is -0.124. The van der Waals surface area contributed by atoms with Gasteiger partial charge in [-0.05, 0) is 98.5 Å². The first kappa shape index (κ1) is 24.1.